The van der Waals surface area contributed by atoms with Crippen molar-refractivity contribution in [3.8, 4) is 17.0 Å². The molecular formula is C25H32N4O4S2. The highest BCUT2D eigenvalue weighted by Crippen LogP contribution is 2.24. The second kappa shape index (κ2) is 11.5. The third-order valence-electron chi connectivity index (χ3n) is 5.84. The summed E-state index contributed by atoms with van der Waals surface area (Å²) >= 11 is 1.58. The molecule has 8 nitrogen and oxygen atoms in total. The van der Waals surface area contributed by atoms with Gasteiger partial charge in [-0.2, -0.15) is 0 Å². The fourth-order valence-corrected chi connectivity index (χ4v) is 5.69. The molecule has 2 aromatic carbocycles. The second-order valence-electron chi connectivity index (χ2n) is 8.36. The van der Waals surface area contributed by atoms with Crippen molar-refractivity contribution in [1.82, 2.24) is 13.8 Å². The Labute approximate surface area is 211 Å². The molecule has 0 saturated carbocycles. The first-order chi connectivity index (χ1) is 16.9. The highest BCUT2D eigenvalue weighted by atomic mass is 32.2. The lowest BCUT2D eigenvalue weighted by atomic mass is 10.2. The van der Waals surface area contributed by atoms with Crippen molar-refractivity contribution in [2.75, 3.05) is 53.6 Å². The predicted molar refractivity (Wildman–Crippen MR) is 139 cm³/mol. The number of hydrogen-bond acceptors (Lipinski definition) is 7. The number of ether oxygens (including phenoxy) is 2. The van der Waals surface area contributed by atoms with Crippen molar-refractivity contribution in [2.24, 2.45) is 4.99 Å². The Hall–Kier alpha value is -2.50. The van der Waals surface area contributed by atoms with Gasteiger partial charge in [-0.05, 0) is 48.9 Å². The average molecular weight is 517 g/mol. The van der Waals surface area contributed by atoms with Gasteiger partial charge in [0.05, 0.1) is 36.1 Å². The fraction of sp³-hybridized carbons (Fsp3) is 0.400. The molecule has 10 heteroatoms. The van der Waals surface area contributed by atoms with Crippen molar-refractivity contribution in [2.45, 2.75) is 18.4 Å². The molecule has 1 aromatic heterocycles. The van der Waals surface area contributed by atoms with E-state index in [0.29, 0.717) is 6.61 Å². The summed E-state index contributed by atoms with van der Waals surface area (Å²) in [7, 11) is -0.396. The lowest BCUT2D eigenvalue weighted by Crippen LogP contribution is -2.39. The van der Waals surface area contributed by atoms with Crippen LogP contribution in [-0.4, -0.2) is 75.7 Å². The Morgan fingerprint density at radius 1 is 1.03 bits per heavy atom. The molecule has 1 aliphatic heterocycles. The zero-order chi connectivity index (χ0) is 24.8. The van der Waals surface area contributed by atoms with Crippen LogP contribution in [-0.2, 0) is 21.3 Å². The molecule has 0 amide bonds. The average Bonchev–Trinajstić information content (AvgIpc) is 3.27. The predicted octanol–water partition coefficient (Wildman–Crippen LogP) is 3.43. The molecule has 3 aromatic rings. The van der Waals surface area contributed by atoms with E-state index in [2.05, 4.69) is 14.8 Å². The van der Waals surface area contributed by atoms with Gasteiger partial charge in [0, 0.05) is 45.7 Å². The molecule has 1 saturated heterocycles. The number of sulfonamides is 1. The van der Waals surface area contributed by atoms with Crippen LogP contribution >= 0.6 is 11.3 Å². The lowest BCUT2D eigenvalue weighted by molar-refractivity contribution is 0.0363. The van der Waals surface area contributed by atoms with Gasteiger partial charge in [0.1, 0.15) is 5.75 Å². The van der Waals surface area contributed by atoms with Crippen LogP contribution in [0.1, 0.15) is 6.92 Å². The van der Waals surface area contributed by atoms with Crippen LogP contribution in [0.4, 0.5) is 5.69 Å². The van der Waals surface area contributed by atoms with Crippen LogP contribution in [0, 0.1) is 0 Å². The van der Waals surface area contributed by atoms with Crippen molar-refractivity contribution >= 4 is 27.0 Å². The van der Waals surface area contributed by atoms with Crippen molar-refractivity contribution < 1.29 is 17.9 Å². The summed E-state index contributed by atoms with van der Waals surface area (Å²) in [5, 5.41) is 2.09. The molecular weight excluding hydrogens is 484 g/mol. The molecule has 35 heavy (non-hydrogen) atoms. The molecule has 0 radical (unpaired) electrons. The van der Waals surface area contributed by atoms with Gasteiger partial charge in [-0.1, -0.05) is 12.1 Å². The van der Waals surface area contributed by atoms with E-state index >= 15 is 0 Å². The van der Waals surface area contributed by atoms with Gasteiger partial charge in [-0.25, -0.2) is 17.7 Å². The van der Waals surface area contributed by atoms with E-state index in [9.17, 15) is 8.42 Å². The van der Waals surface area contributed by atoms with Gasteiger partial charge in [0.2, 0.25) is 10.0 Å². The van der Waals surface area contributed by atoms with Crippen LogP contribution in [0.15, 0.2) is 63.8 Å². The minimum atomic E-state index is -3.47. The zero-order valence-electron chi connectivity index (χ0n) is 20.4. The third kappa shape index (κ3) is 6.20. The van der Waals surface area contributed by atoms with Crippen LogP contribution in [0.3, 0.4) is 0 Å². The number of benzene rings is 2. The quantitative estimate of drug-likeness (QED) is 0.436. The van der Waals surface area contributed by atoms with E-state index in [0.717, 1.165) is 66.9 Å². The van der Waals surface area contributed by atoms with Crippen LogP contribution < -0.4 is 9.54 Å². The lowest BCUT2D eigenvalue weighted by Gasteiger charge is -2.26. The minimum Gasteiger partial charge on any atom is -0.494 e. The first kappa shape index (κ1) is 25.6. The fourth-order valence-electron chi connectivity index (χ4n) is 3.83. The summed E-state index contributed by atoms with van der Waals surface area (Å²) in [6.07, 6.45) is 0. The summed E-state index contributed by atoms with van der Waals surface area (Å²) in [5.41, 5.74) is 2.82. The Kier molecular flexibility index (Phi) is 8.40. The summed E-state index contributed by atoms with van der Waals surface area (Å²) in [4.78, 5) is 8.48. The summed E-state index contributed by atoms with van der Waals surface area (Å²) < 4.78 is 39.4. The SMILES string of the molecule is CCOc1ccc(N=c2scc(-c3ccc(S(=O)(=O)N(C)C)cc3)n2CCN2CCOCC2)cc1. The summed E-state index contributed by atoms with van der Waals surface area (Å²) in [5.74, 6) is 0.825. The molecule has 0 N–H and O–H groups in total. The number of nitrogens with zero attached hydrogens (tertiary/aromatic N) is 4. The van der Waals surface area contributed by atoms with E-state index in [1.165, 1.54) is 18.4 Å². The second-order valence-corrected chi connectivity index (χ2v) is 11.3. The molecule has 188 valence electrons. The molecule has 0 bridgehead atoms. The molecule has 0 spiro atoms. The first-order valence-corrected chi connectivity index (χ1v) is 14.0. The van der Waals surface area contributed by atoms with Crippen molar-refractivity contribution in [1.29, 1.82) is 0 Å². The van der Waals surface area contributed by atoms with Gasteiger partial charge in [0.15, 0.2) is 4.80 Å². The topological polar surface area (TPSA) is 76.4 Å². The van der Waals surface area contributed by atoms with Crippen LogP contribution in [0.25, 0.3) is 11.3 Å². The monoisotopic (exact) mass is 516 g/mol. The maximum atomic E-state index is 12.5. The maximum Gasteiger partial charge on any atom is 0.242 e. The highest BCUT2D eigenvalue weighted by Gasteiger charge is 2.18. The van der Waals surface area contributed by atoms with Gasteiger partial charge < -0.3 is 14.0 Å². The molecule has 2 heterocycles. The smallest absolute Gasteiger partial charge is 0.242 e. The molecule has 0 aliphatic carbocycles. The first-order valence-electron chi connectivity index (χ1n) is 11.7. The van der Waals surface area contributed by atoms with Gasteiger partial charge >= 0.3 is 0 Å². The van der Waals surface area contributed by atoms with Crippen molar-refractivity contribution in [3.63, 3.8) is 0 Å². The molecule has 0 unspecified atom stereocenters. The number of thiazole rings is 1. The van der Waals surface area contributed by atoms with Crippen molar-refractivity contribution in [3.05, 3.63) is 58.7 Å². The van der Waals surface area contributed by atoms with Gasteiger partial charge in [-0.3, -0.25) is 4.90 Å². The largest absolute Gasteiger partial charge is 0.494 e. The van der Waals surface area contributed by atoms with E-state index in [1.54, 1.807) is 23.5 Å². The Balaban J connectivity index is 1.67. The summed E-state index contributed by atoms with van der Waals surface area (Å²) in [6, 6.07) is 14.8. The van der Waals surface area contributed by atoms with E-state index in [4.69, 9.17) is 14.5 Å². The van der Waals surface area contributed by atoms with E-state index in [-0.39, 0.29) is 4.90 Å². The third-order valence-corrected chi connectivity index (χ3v) is 8.54. The van der Waals surface area contributed by atoms with E-state index < -0.39 is 10.0 Å². The Bertz CT molecular complexity index is 1270. The van der Waals surface area contributed by atoms with Gasteiger partial charge in [-0.15, -0.1) is 11.3 Å². The summed E-state index contributed by atoms with van der Waals surface area (Å²) in [6.45, 7) is 7.60. The normalized spacial score (nSPS) is 15.6. The molecule has 0 atom stereocenters. The van der Waals surface area contributed by atoms with Crippen LogP contribution in [0.2, 0.25) is 0 Å². The standard InChI is InChI=1S/C25H32N4O4S2/c1-4-33-22-9-7-21(8-10-22)26-25-29(14-13-28-15-17-32-18-16-28)24(19-34-25)20-5-11-23(12-6-20)35(30,31)27(2)3/h5-12,19H,4,13-18H2,1-3H3. The van der Waals surface area contributed by atoms with E-state index in [1.807, 2.05) is 43.3 Å². The molecule has 4 rings (SSSR count). The maximum absolute atomic E-state index is 12.5. The number of aromatic nitrogens is 1. The Morgan fingerprint density at radius 2 is 1.71 bits per heavy atom. The highest BCUT2D eigenvalue weighted by molar-refractivity contribution is 7.89. The number of morpholine rings is 1. The van der Waals surface area contributed by atoms with Crippen LogP contribution in [0.5, 0.6) is 5.75 Å². The molecule has 1 aliphatic rings. The number of hydrogen-bond donors (Lipinski definition) is 0. The number of rotatable bonds is 9. The minimum absolute atomic E-state index is 0.278. The zero-order valence-corrected chi connectivity index (χ0v) is 22.0. The Morgan fingerprint density at radius 3 is 2.34 bits per heavy atom. The molecule has 1 fully saturated rings. The van der Waals surface area contributed by atoms with Gasteiger partial charge in [0.25, 0.3) is 0 Å².